The van der Waals surface area contributed by atoms with Gasteiger partial charge in [-0.2, -0.15) is 0 Å². The van der Waals surface area contributed by atoms with Gasteiger partial charge in [0.1, 0.15) is 11.6 Å². The molecule has 1 aromatic carbocycles. The Labute approximate surface area is 59.6 Å². The van der Waals surface area contributed by atoms with Gasteiger partial charge in [-0.15, -0.1) is 0 Å². The molecule has 0 aromatic heterocycles. The van der Waals surface area contributed by atoms with Crippen molar-refractivity contribution in [2.45, 2.75) is 0 Å². The largest absolute Gasteiger partial charge is 0.206 e. The van der Waals surface area contributed by atoms with Crippen molar-refractivity contribution in [2.75, 3.05) is 0 Å². The fourth-order valence-corrected chi connectivity index (χ4v) is 0.747. The molecule has 0 fully saturated rings. The number of halogens is 3. The summed E-state index contributed by atoms with van der Waals surface area (Å²) in [6.45, 7) is 0. The first-order chi connectivity index (χ1) is 4.20. The van der Waals surface area contributed by atoms with Gasteiger partial charge in [-0.3, -0.25) is 0 Å². The Balaban J connectivity index is 3.17. The number of hydrogen-bond acceptors (Lipinski definition) is 0. The Morgan fingerprint density at radius 3 is 2.44 bits per heavy atom. The van der Waals surface area contributed by atoms with E-state index in [1.807, 2.05) is 0 Å². The van der Waals surface area contributed by atoms with Gasteiger partial charge in [0.25, 0.3) is 0 Å². The van der Waals surface area contributed by atoms with E-state index >= 15 is 0 Å². The molecule has 3 heteroatoms. The Morgan fingerprint density at radius 1 is 1.33 bits per heavy atom. The first kappa shape index (κ1) is 6.68. The molecular weight excluding hydrogens is 190 g/mol. The van der Waals surface area contributed by atoms with Crippen LogP contribution in [-0.4, -0.2) is 0 Å². The highest BCUT2D eigenvalue weighted by Gasteiger charge is 1.98. The molecule has 0 aliphatic heterocycles. The molecule has 0 aliphatic carbocycles. The molecule has 0 spiro atoms. The quantitative estimate of drug-likeness (QED) is 0.554. The highest BCUT2D eigenvalue weighted by molar-refractivity contribution is 9.10. The second-order valence-corrected chi connectivity index (χ2v) is 2.26. The van der Waals surface area contributed by atoms with Crippen molar-refractivity contribution >= 4 is 15.9 Å². The molecule has 0 nitrogen and oxygen atoms in total. The summed E-state index contributed by atoms with van der Waals surface area (Å²) in [6, 6.07) is 4.17. The van der Waals surface area contributed by atoms with Crippen molar-refractivity contribution in [3.63, 3.8) is 0 Å². The molecule has 1 radical (unpaired) electrons. The van der Waals surface area contributed by atoms with E-state index in [9.17, 15) is 8.78 Å². The molecule has 47 valence electrons. The summed E-state index contributed by atoms with van der Waals surface area (Å²) < 4.78 is 24.4. The van der Waals surface area contributed by atoms with E-state index in [1.54, 1.807) is 0 Å². The van der Waals surface area contributed by atoms with E-state index in [0.717, 1.165) is 12.1 Å². The minimum absolute atomic E-state index is 0.0301. The van der Waals surface area contributed by atoms with Crippen LogP contribution in [0.3, 0.4) is 0 Å². The van der Waals surface area contributed by atoms with Gasteiger partial charge in [0.2, 0.25) is 0 Å². The molecular formula is C6H2BrF2. The van der Waals surface area contributed by atoms with Gasteiger partial charge in [-0.1, -0.05) is 0 Å². The lowest BCUT2D eigenvalue weighted by Crippen LogP contribution is -1.78. The highest BCUT2D eigenvalue weighted by atomic mass is 79.9. The third-order valence-electron chi connectivity index (χ3n) is 0.815. The third kappa shape index (κ3) is 1.48. The predicted octanol–water partition coefficient (Wildman–Crippen LogP) is 2.53. The molecule has 0 unspecified atom stereocenters. The minimum atomic E-state index is -0.566. The maximum absolute atomic E-state index is 12.3. The van der Waals surface area contributed by atoms with E-state index in [2.05, 4.69) is 22.0 Å². The van der Waals surface area contributed by atoms with Crippen LogP contribution in [0.15, 0.2) is 16.6 Å². The molecule has 0 saturated carbocycles. The Kier molecular flexibility index (Phi) is 1.81. The second kappa shape index (κ2) is 2.43. The molecule has 0 N–H and O–H groups in total. The van der Waals surface area contributed by atoms with Crippen LogP contribution in [0.1, 0.15) is 0 Å². The predicted molar refractivity (Wildman–Crippen MR) is 32.9 cm³/mol. The molecule has 0 saturated heterocycles. The molecule has 0 atom stereocenters. The van der Waals surface area contributed by atoms with E-state index in [-0.39, 0.29) is 4.47 Å². The van der Waals surface area contributed by atoms with Crippen molar-refractivity contribution in [1.82, 2.24) is 0 Å². The van der Waals surface area contributed by atoms with Gasteiger partial charge < -0.3 is 0 Å². The number of benzene rings is 1. The SMILES string of the molecule is Fc1[c]c(Br)c(F)cc1. The zero-order valence-corrected chi connectivity index (χ0v) is 5.87. The van der Waals surface area contributed by atoms with Gasteiger partial charge in [-0.25, -0.2) is 8.78 Å². The van der Waals surface area contributed by atoms with Crippen LogP contribution in [0.5, 0.6) is 0 Å². The standard InChI is InChI=1S/C6H2BrF2/c7-5-3-4(8)1-2-6(5)9/h1-2H. The molecule has 0 amide bonds. The van der Waals surface area contributed by atoms with Crippen LogP contribution in [0.25, 0.3) is 0 Å². The lowest BCUT2D eigenvalue weighted by molar-refractivity contribution is 0.592. The van der Waals surface area contributed by atoms with Crippen LogP contribution in [0.4, 0.5) is 8.78 Å². The molecule has 0 heterocycles. The Hall–Kier alpha value is -0.440. The number of hydrogen-bond donors (Lipinski definition) is 0. The maximum Gasteiger partial charge on any atom is 0.138 e. The van der Waals surface area contributed by atoms with Gasteiger partial charge in [-0.05, 0) is 28.1 Å². The summed E-state index contributed by atoms with van der Waals surface area (Å²) >= 11 is 2.78. The summed E-state index contributed by atoms with van der Waals surface area (Å²) in [4.78, 5) is 0. The van der Waals surface area contributed by atoms with Crippen LogP contribution in [-0.2, 0) is 0 Å². The summed E-state index contributed by atoms with van der Waals surface area (Å²) in [5, 5.41) is 0. The molecule has 0 aliphatic rings. The summed E-state index contributed by atoms with van der Waals surface area (Å²) in [5.41, 5.74) is 0. The molecule has 1 rings (SSSR count). The average Bonchev–Trinajstić information content (AvgIpc) is 1.80. The fraction of sp³-hybridized carbons (Fsp3) is 0. The van der Waals surface area contributed by atoms with E-state index < -0.39 is 11.6 Å². The van der Waals surface area contributed by atoms with Gasteiger partial charge >= 0.3 is 0 Å². The zero-order valence-electron chi connectivity index (χ0n) is 4.29. The van der Waals surface area contributed by atoms with Gasteiger partial charge in [0.05, 0.1) is 4.47 Å². The monoisotopic (exact) mass is 191 g/mol. The fourth-order valence-electron chi connectivity index (χ4n) is 0.426. The maximum atomic E-state index is 12.3. The first-order valence-corrected chi connectivity index (χ1v) is 3.02. The summed E-state index contributed by atoms with van der Waals surface area (Å²) in [7, 11) is 0. The summed E-state index contributed by atoms with van der Waals surface area (Å²) in [5.74, 6) is -1.07. The normalized spacial score (nSPS) is 9.67. The molecule has 0 bridgehead atoms. The number of rotatable bonds is 0. The third-order valence-corrected chi connectivity index (χ3v) is 1.39. The van der Waals surface area contributed by atoms with Crippen molar-refractivity contribution in [3.8, 4) is 0 Å². The van der Waals surface area contributed by atoms with Crippen LogP contribution in [0, 0.1) is 17.7 Å². The Bertz CT molecular complexity index is 222. The first-order valence-electron chi connectivity index (χ1n) is 2.23. The van der Waals surface area contributed by atoms with Crippen LogP contribution in [0.2, 0.25) is 0 Å². The zero-order chi connectivity index (χ0) is 6.85. The van der Waals surface area contributed by atoms with Crippen molar-refractivity contribution in [1.29, 1.82) is 0 Å². The van der Waals surface area contributed by atoms with E-state index in [4.69, 9.17) is 0 Å². The lowest BCUT2D eigenvalue weighted by atomic mass is 10.3. The van der Waals surface area contributed by atoms with Gasteiger partial charge in [0.15, 0.2) is 0 Å². The van der Waals surface area contributed by atoms with Gasteiger partial charge in [0, 0.05) is 6.07 Å². The van der Waals surface area contributed by atoms with Crippen LogP contribution < -0.4 is 0 Å². The van der Waals surface area contributed by atoms with E-state index in [1.165, 1.54) is 0 Å². The van der Waals surface area contributed by atoms with E-state index in [0.29, 0.717) is 0 Å². The summed E-state index contributed by atoms with van der Waals surface area (Å²) in [6.07, 6.45) is 0. The molecule has 1 aromatic rings. The van der Waals surface area contributed by atoms with Crippen molar-refractivity contribution in [2.24, 2.45) is 0 Å². The van der Waals surface area contributed by atoms with Crippen LogP contribution >= 0.6 is 15.9 Å². The van der Waals surface area contributed by atoms with Crippen molar-refractivity contribution in [3.05, 3.63) is 34.3 Å². The smallest absolute Gasteiger partial charge is 0.138 e. The average molecular weight is 192 g/mol. The topological polar surface area (TPSA) is 0 Å². The minimum Gasteiger partial charge on any atom is -0.206 e. The second-order valence-electron chi connectivity index (χ2n) is 1.47. The van der Waals surface area contributed by atoms with Crippen molar-refractivity contribution < 1.29 is 8.78 Å². The molecule has 9 heavy (non-hydrogen) atoms. The highest BCUT2D eigenvalue weighted by Crippen LogP contribution is 2.14. The lowest BCUT2D eigenvalue weighted by Gasteiger charge is -1.89. The Morgan fingerprint density at radius 2 is 2.00 bits per heavy atom.